The lowest BCUT2D eigenvalue weighted by Crippen LogP contribution is -2.37. The van der Waals surface area contributed by atoms with E-state index < -0.39 is 11.6 Å². The molecular weight excluding hydrogens is 316 g/mol. The van der Waals surface area contributed by atoms with Crippen LogP contribution in [0.5, 0.6) is 0 Å². The van der Waals surface area contributed by atoms with Gasteiger partial charge in [-0.25, -0.2) is 4.79 Å². The molecule has 2 aliphatic carbocycles. The molecule has 0 spiro atoms. The number of rotatable bonds is 4. The molecular formula is C21H20O4. The van der Waals surface area contributed by atoms with E-state index in [0.29, 0.717) is 18.4 Å². The highest BCUT2D eigenvalue weighted by atomic mass is 16.6. The van der Waals surface area contributed by atoms with Crippen molar-refractivity contribution in [3.05, 3.63) is 59.2 Å². The fourth-order valence-corrected chi connectivity index (χ4v) is 3.81. The molecule has 2 aliphatic rings. The average molecular weight is 336 g/mol. The molecule has 128 valence electrons. The van der Waals surface area contributed by atoms with E-state index in [1.54, 1.807) is 6.07 Å². The largest absolute Gasteiger partial charge is 0.455 e. The summed E-state index contributed by atoms with van der Waals surface area (Å²) in [5.41, 5.74) is 3.82. The Labute approximate surface area is 146 Å². The van der Waals surface area contributed by atoms with Crippen LogP contribution in [0.25, 0.3) is 11.1 Å². The maximum Gasteiger partial charge on any atom is 0.338 e. The molecule has 1 fully saturated rings. The monoisotopic (exact) mass is 336 g/mol. The van der Waals surface area contributed by atoms with Crippen molar-refractivity contribution in [3.63, 3.8) is 0 Å². The van der Waals surface area contributed by atoms with Crippen molar-refractivity contribution in [1.82, 2.24) is 0 Å². The van der Waals surface area contributed by atoms with Crippen LogP contribution in [0.1, 0.15) is 47.2 Å². The number of esters is 1. The van der Waals surface area contributed by atoms with Crippen LogP contribution in [-0.2, 0) is 16.0 Å². The van der Waals surface area contributed by atoms with E-state index in [1.807, 2.05) is 24.3 Å². The van der Waals surface area contributed by atoms with Crippen molar-refractivity contribution >= 4 is 11.8 Å². The average Bonchev–Trinajstić information content (AvgIpc) is 3.23. The first-order valence-electron chi connectivity index (χ1n) is 8.71. The van der Waals surface area contributed by atoms with Gasteiger partial charge >= 0.3 is 5.97 Å². The molecule has 0 atom stereocenters. The number of carbonyl (C=O) groups is 2. The van der Waals surface area contributed by atoms with E-state index in [9.17, 15) is 14.7 Å². The first-order chi connectivity index (χ1) is 12.1. The Morgan fingerprint density at radius 1 is 1.00 bits per heavy atom. The normalized spacial score (nSPS) is 17.0. The van der Waals surface area contributed by atoms with Gasteiger partial charge in [0.2, 0.25) is 0 Å². The van der Waals surface area contributed by atoms with Crippen molar-refractivity contribution in [2.75, 3.05) is 6.61 Å². The second-order valence-electron chi connectivity index (χ2n) is 6.94. The van der Waals surface area contributed by atoms with Crippen LogP contribution < -0.4 is 0 Å². The summed E-state index contributed by atoms with van der Waals surface area (Å²) in [4.78, 5) is 24.5. The molecule has 0 aromatic heterocycles. The predicted octanol–water partition coefficient (Wildman–Crippen LogP) is 3.29. The van der Waals surface area contributed by atoms with E-state index in [-0.39, 0.29) is 12.4 Å². The van der Waals surface area contributed by atoms with E-state index >= 15 is 0 Å². The summed E-state index contributed by atoms with van der Waals surface area (Å²) in [5.74, 6) is -0.924. The fraction of sp³-hybridized carbons (Fsp3) is 0.333. The number of hydrogen-bond donors (Lipinski definition) is 1. The van der Waals surface area contributed by atoms with Gasteiger partial charge in [-0.2, -0.15) is 0 Å². The van der Waals surface area contributed by atoms with E-state index in [0.717, 1.165) is 30.4 Å². The molecule has 2 aromatic rings. The third-order valence-corrected chi connectivity index (χ3v) is 5.27. The van der Waals surface area contributed by atoms with Gasteiger partial charge in [0.15, 0.2) is 18.0 Å². The number of ketones is 1. The molecule has 4 heteroatoms. The standard InChI is InChI=1S/C21H20O4/c22-19(13-25-20(23)21(24)9-3-4-10-21)16-8-7-15-11-14-5-1-2-6-17(14)18(15)12-16/h1-2,5-8,12,24H,3-4,9-11,13H2. The van der Waals surface area contributed by atoms with Crippen LogP contribution in [0.2, 0.25) is 0 Å². The molecule has 4 nitrogen and oxygen atoms in total. The van der Waals surface area contributed by atoms with Crippen molar-refractivity contribution in [2.45, 2.75) is 37.7 Å². The second kappa shape index (κ2) is 6.12. The Morgan fingerprint density at radius 2 is 1.72 bits per heavy atom. The molecule has 4 rings (SSSR count). The molecule has 0 saturated heterocycles. The van der Waals surface area contributed by atoms with Crippen molar-refractivity contribution in [3.8, 4) is 11.1 Å². The van der Waals surface area contributed by atoms with Gasteiger partial charge in [0, 0.05) is 5.56 Å². The van der Waals surface area contributed by atoms with Crippen molar-refractivity contribution in [1.29, 1.82) is 0 Å². The molecule has 0 radical (unpaired) electrons. The van der Waals surface area contributed by atoms with Crippen LogP contribution in [0, 0.1) is 0 Å². The lowest BCUT2D eigenvalue weighted by atomic mass is 10.0. The minimum absolute atomic E-state index is 0.248. The third kappa shape index (κ3) is 2.87. The lowest BCUT2D eigenvalue weighted by Gasteiger charge is -2.19. The van der Waals surface area contributed by atoms with E-state index in [1.165, 1.54) is 11.1 Å². The van der Waals surface area contributed by atoms with Crippen LogP contribution in [0.15, 0.2) is 42.5 Å². The van der Waals surface area contributed by atoms with Gasteiger partial charge in [-0.3, -0.25) is 4.79 Å². The molecule has 0 unspecified atom stereocenters. The fourth-order valence-electron chi connectivity index (χ4n) is 3.81. The van der Waals surface area contributed by atoms with Gasteiger partial charge in [0.05, 0.1) is 0 Å². The molecule has 0 bridgehead atoms. The topological polar surface area (TPSA) is 63.6 Å². The Morgan fingerprint density at radius 3 is 2.52 bits per heavy atom. The zero-order valence-electron chi connectivity index (χ0n) is 14.0. The molecule has 1 N–H and O–H groups in total. The number of ether oxygens (including phenoxy) is 1. The van der Waals surface area contributed by atoms with Gasteiger partial charge in [-0.15, -0.1) is 0 Å². The summed E-state index contributed by atoms with van der Waals surface area (Å²) in [6.45, 7) is -0.332. The lowest BCUT2D eigenvalue weighted by molar-refractivity contribution is -0.163. The Balaban J connectivity index is 1.48. The van der Waals surface area contributed by atoms with Gasteiger partial charge < -0.3 is 9.84 Å². The van der Waals surface area contributed by atoms with Crippen LogP contribution in [0.4, 0.5) is 0 Å². The van der Waals surface area contributed by atoms with Crippen LogP contribution in [0.3, 0.4) is 0 Å². The SMILES string of the molecule is O=C(COC(=O)C1(O)CCCC1)c1ccc2c(c1)-c1ccccc1C2. The minimum Gasteiger partial charge on any atom is -0.455 e. The zero-order valence-corrected chi connectivity index (χ0v) is 14.0. The highest BCUT2D eigenvalue weighted by molar-refractivity contribution is 6.00. The number of hydrogen-bond acceptors (Lipinski definition) is 4. The molecule has 0 heterocycles. The van der Waals surface area contributed by atoms with Gasteiger partial charge in [0.25, 0.3) is 0 Å². The number of benzene rings is 2. The maximum atomic E-state index is 12.4. The second-order valence-corrected chi connectivity index (χ2v) is 6.94. The summed E-state index contributed by atoms with van der Waals surface area (Å²) in [6, 6.07) is 13.8. The van der Waals surface area contributed by atoms with E-state index in [4.69, 9.17) is 4.74 Å². The summed E-state index contributed by atoms with van der Waals surface area (Å²) in [5, 5.41) is 10.2. The molecule has 1 saturated carbocycles. The Kier molecular flexibility index (Phi) is 3.92. The predicted molar refractivity (Wildman–Crippen MR) is 93.4 cm³/mol. The van der Waals surface area contributed by atoms with Gasteiger partial charge in [-0.1, -0.05) is 36.4 Å². The molecule has 25 heavy (non-hydrogen) atoms. The molecule has 2 aromatic carbocycles. The molecule has 0 amide bonds. The zero-order chi connectivity index (χ0) is 17.4. The summed E-state index contributed by atoms with van der Waals surface area (Å²) in [6.07, 6.45) is 3.32. The number of aliphatic hydroxyl groups is 1. The maximum absolute atomic E-state index is 12.4. The van der Waals surface area contributed by atoms with Crippen molar-refractivity contribution < 1.29 is 19.4 Å². The minimum atomic E-state index is -1.41. The Hall–Kier alpha value is -2.46. The van der Waals surface area contributed by atoms with Crippen LogP contribution >= 0.6 is 0 Å². The Bertz CT molecular complexity index is 847. The quantitative estimate of drug-likeness (QED) is 0.586. The molecule has 0 aliphatic heterocycles. The first kappa shape index (κ1) is 16.0. The van der Waals surface area contributed by atoms with Gasteiger partial charge in [0.1, 0.15) is 0 Å². The number of fused-ring (bicyclic) bond motifs is 3. The highest BCUT2D eigenvalue weighted by Gasteiger charge is 2.40. The smallest absolute Gasteiger partial charge is 0.338 e. The highest BCUT2D eigenvalue weighted by Crippen LogP contribution is 2.37. The van der Waals surface area contributed by atoms with E-state index in [2.05, 4.69) is 12.1 Å². The summed E-state index contributed by atoms with van der Waals surface area (Å²) >= 11 is 0. The van der Waals surface area contributed by atoms with Crippen molar-refractivity contribution in [2.24, 2.45) is 0 Å². The van der Waals surface area contributed by atoms with Gasteiger partial charge in [-0.05, 0) is 60.4 Å². The summed E-state index contributed by atoms with van der Waals surface area (Å²) < 4.78 is 5.10. The summed E-state index contributed by atoms with van der Waals surface area (Å²) in [7, 11) is 0. The third-order valence-electron chi connectivity index (χ3n) is 5.27. The number of carbonyl (C=O) groups excluding carboxylic acids is 2. The number of Topliss-reactive ketones (excluding diaryl/α,β-unsaturated/α-hetero) is 1. The van der Waals surface area contributed by atoms with Crippen LogP contribution in [-0.4, -0.2) is 29.1 Å². The first-order valence-corrected chi connectivity index (χ1v) is 8.71.